The Balaban J connectivity index is 1.45. The van der Waals surface area contributed by atoms with Crippen molar-refractivity contribution in [2.45, 2.75) is 26.2 Å². The maximum atomic E-state index is 13.6. The summed E-state index contributed by atoms with van der Waals surface area (Å²) in [6.07, 6.45) is 2.75. The zero-order valence-electron chi connectivity index (χ0n) is 19.4. The molecule has 1 amide bonds. The standard InChI is InChI=1S/C26H27FN6O/c1-3-18(2)23-29-24(22-17-28-33(25(22)30-23)21-10-5-4-6-11-21)31-12-14-32(15-13-31)26(34)19-8-7-9-20(27)16-19/h4-11,16-18H,3,12-15H2,1-2H3/t18-/m0/s1. The summed E-state index contributed by atoms with van der Waals surface area (Å²) in [5.74, 6) is 1.30. The van der Waals surface area contributed by atoms with Crippen molar-refractivity contribution in [2.75, 3.05) is 31.1 Å². The fourth-order valence-electron chi connectivity index (χ4n) is 4.24. The highest BCUT2D eigenvalue weighted by Crippen LogP contribution is 2.29. The smallest absolute Gasteiger partial charge is 0.254 e. The number of rotatable bonds is 5. The second kappa shape index (κ2) is 9.21. The topological polar surface area (TPSA) is 67.2 Å². The van der Waals surface area contributed by atoms with E-state index in [-0.39, 0.29) is 11.8 Å². The number of carbonyl (C=O) groups is 1. The molecule has 1 atom stereocenters. The third kappa shape index (κ3) is 4.11. The normalized spacial score (nSPS) is 15.0. The Morgan fingerprint density at radius 3 is 2.50 bits per heavy atom. The lowest BCUT2D eigenvalue weighted by Crippen LogP contribution is -2.49. The Bertz CT molecular complexity index is 1310. The number of aromatic nitrogens is 4. The van der Waals surface area contributed by atoms with Crippen LogP contribution in [0.5, 0.6) is 0 Å². The molecule has 0 unspecified atom stereocenters. The second-order valence-electron chi connectivity index (χ2n) is 8.63. The predicted molar refractivity (Wildman–Crippen MR) is 130 cm³/mol. The Morgan fingerprint density at radius 2 is 1.79 bits per heavy atom. The van der Waals surface area contributed by atoms with Gasteiger partial charge in [0, 0.05) is 37.7 Å². The molecule has 0 aliphatic carbocycles. The Morgan fingerprint density at radius 1 is 1.03 bits per heavy atom. The van der Waals surface area contributed by atoms with Crippen molar-refractivity contribution in [2.24, 2.45) is 0 Å². The quantitative estimate of drug-likeness (QED) is 0.443. The van der Waals surface area contributed by atoms with E-state index < -0.39 is 5.82 Å². The highest BCUT2D eigenvalue weighted by molar-refractivity contribution is 5.94. The number of hydrogen-bond acceptors (Lipinski definition) is 5. The fraction of sp³-hybridized carbons (Fsp3) is 0.308. The van der Waals surface area contributed by atoms with Crippen LogP contribution in [0.1, 0.15) is 42.4 Å². The predicted octanol–water partition coefficient (Wildman–Crippen LogP) is 4.43. The molecule has 0 N–H and O–H groups in total. The van der Waals surface area contributed by atoms with Crippen LogP contribution in [0.3, 0.4) is 0 Å². The van der Waals surface area contributed by atoms with Crippen molar-refractivity contribution in [3.63, 3.8) is 0 Å². The molecule has 2 aromatic heterocycles. The van der Waals surface area contributed by atoms with Crippen molar-refractivity contribution in [1.82, 2.24) is 24.6 Å². The van der Waals surface area contributed by atoms with E-state index in [1.807, 2.05) is 41.2 Å². The first-order chi connectivity index (χ1) is 16.5. The summed E-state index contributed by atoms with van der Waals surface area (Å²) in [6.45, 7) is 6.58. The number of piperazine rings is 1. The third-order valence-corrected chi connectivity index (χ3v) is 6.42. The SMILES string of the molecule is CC[C@H](C)c1nc(N2CCN(C(=O)c3cccc(F)c3)CC2)c2cnn(-c3ccccc3)c2n1. The number of para-hydroxylation sites is 1. The van der Waals surface area contributed by atoms with Gasteiger partial charge >= 0.3 is 0 Å². The third-order valence-electron chi connectivity index (χ3n) is 6.42. The molecule has 8 heteroatoms. The highest BCUT2D eigenvalue weighted by atomic mass is 19.1. The molecular weight excluding hydrogens is 431 g/mol. The molecule has 1 fully saturated rings. The van der Waals surface area contributed by atoms with Gasteiger partial charge in [-0.2, -0.15) is 5.10 Å². The van der Waals surface area contributed by atoms with Crippen molar-refractivity contribution < 1.29 is 9.18 Å². The van der Waals surface area contributed by atoms with Crippen LogP contribution in [0.2, 0.25) is 0 Å². The van der Waals surface area contributed by atoms with Gasteiger partial charge in [0.1, 0.15) is 17.5 Å². The molecule has 0 bridgehead atoms. The van der Waals surface area contributed by atoms with Crippen molar-refractivity contribution in [3.05, 3.63) is 78.0 Å². The molecule has 0 spiro atoms. The molecule has 1 saturated heterocycles. The highest BCUT2D eigenvalue weighted by Gasteiger charge is 2.26. The Labute approximate surface area is 197 Å². The average molecular weight is 459 g/mol. The molecule has 0 saturated carbocycles. The molecule has 7 nitrogen and oxygen atoms in total. The molecule has 1 aliphatic rings. The molecule has 34 heavy (non-hydrogen) atoms. The van der Waals surface area contributed by atoms with Crippen LogP contribution in [0.25, 0.3) is 16.7 Å². The summed E-state index contributed by atoms with van der Waals surface area (Å²) in [5.41, 5.74) is 2.11. The zero-order valence-corrected chi connectivity index (χ0v) is 19.4. The molecule has 1 aliphatic heterocycles. The first-order valence-electron chi connectivity index (χ1n) is 11.7. The minimum absolute atomic E-state index is 0.149. The second-order valence-corrected chi connectivity index (χ2v) is 8.63. The first kappa shape index (κ1) is 22.0. The van der Waals surface area contributed by atoms with E-state index in [0.717, 1.165) is 34.8 Å². The fourth-order valence-corrected chi connectivity index (χ4v) is 4.24. The van der Waals surface area contributed by atoms with Crippen LogP contribution in [0, 0.1) is 5.82 Å². The van der Waals surface area contributed by atoms with Crippen molar-refractivity contribution in [1.29, 1.82) is 0 Å². The van der Waals surface area contributed by atoms with Crippen LogP contribution in [-0.4, -0.2) is 56.7 Å². The number of anilines is 1. The van der Waals surface area contributed by atoms with E-state index in [2.05, 4.69) is 23.8 Å². The van der Waals surface area contributed by atoms with E-state index in [0.29, 0.717) is 31.7 Å². The average Bonchev–Trinajstić information content (AvgIpc) is 3.32. The van der Waals surface area contributed by atoms with Crippen LogP contribution >= 0.6 is 0 Å². The van der Waals surface area contributed by atoms with E-state index in [4.69, 9.17) is 9.97 Å². The zero-order chi connectivity index (χ0) is 23.7. The van der Waals surface area contributed by atoms with Crippen molar-refractivity contribution >= 4 is 22.8 Å². The van der Waals surface area contributed by atoms with Gasteiger partial charge in [-0.3, -0.25) is 4.79 Å². The lowest BCUT2D eigenvalue weighted by molar-refractivity contribution is 0.0746. The van der Waals surface area contributed by atoms with Crippen LogP contribution in [0.15, 0.2) is 60.8 Å². The number of nitrogens with zero attached hydrogens (tertiary/aromatic N) is 6. The monoisotopic (exact) mass is 458 g/mol. The van der Waals surface area contributed by atoms with Crippen molar-refractivity contribution in [3.8, 4) is 5.69 Å². The van der Waals surface area contributed by atoms with E-state index in [1.165, 1.54) is 12.1 Å². The van der Waals surface area contributed by atoms with Gasteiger partial charge in [-0.1, -0.05) is 38.1 Å². The molecular formula is C26H27FN6O. The number of hydrogen-bond donors (Lipinski definition) is 0. The van der Waals surface area contributed by atoms with Crippen LogP contribution < -0.4 is 4.90 Å². The lowest BCUT2D eigenvalue weighted by atomic mass is 10.1. The van der Waals surface area contributed by atoms with Gasteiger partial charge in [0.25, 0.3) is 5.91 Å². The minimum Gasteiger partial charge on any atom is -0.352 e. The lowest BCUT2D eigenvalue weighted by Gasteiger charge is -2.36. The van der Waals surface area contributed by atoms with E-state index >= 15 is 0 Å². The van der Waals surface area contributed by atoms with Gasteiger partial charge < -0.3 is 9.80 Å². The van der Waals surface area contributed by atoms with Gasteiger partial charge in [-0.15, -0.1) is 0 Å². The van der Waals surface area contributed by atoms with Gasteiger partial charge in [0.05, 0.1) is 17.3 Å². The summed E-state index contributed by atoms with van der Waals surface area (Å²) in [6, 6.07) is 15.8. The summed E-state index contributed by atoms with van der Waals surface area (Å²) < 4.78 is 15.4. The summed E-state index contributed by atoms with van der Waals surface area (Å²) >= 11 is 0. The largest absolute Gasteiger partial charge is 0.352 e. The Kier molecular flexibility index (Phi) is 5.96. The number of halogens is 1. The molecule has 174 valence electrons. The molecule has 2 aromatic carbocycles. The molecule has 3 heterocycles. The summed E-state index contributed by atoms with van der Waals surface area (Å²) in [4.78, 5) is 26.7. The number of carbonyl (C=O) groups excluding carboxylic acids is 1. The minimum atomic E-state index is -0.402. The maximum absolute atomic E-state index is 13.6. The van der Waals surface area contributed by atoms with Gasteiger partial charge in [-0.05, 0) is 36.8 Å². The summed E-state index contributed by atoms with van der Waals surface area (Å²) in [5, 5.41) is 5.52. The van der Waals surface area contributed by atoms with Crippen LogP contribution in [-0.2, 0) is 0 Å². The van der Waals surface area contributed by atoms with E-state index in [1.54, 1.807) is 17.0 Å². The summed E-state index contributed by atoms with van der Waals surface area (Å²) in [7, 11) is 0. The number of benzene rings is 2. The Hall–Kier alpha value is -3.81. The van der Waals surface area contributed by atoms with Crippen LogP contribution in [0.4, 0.5) is 10.2 Å². The molecule has 4 aromatic rings. The first-order valence-corrected chi connectivity index (χ1v) is 11.7. The van der Waals surface area contributed by atoms with Gasteiger partial charge in [0.15, 0.2) is 5.65 Å². The molecule has 5 rings (SSSR count). The number of amides is 1. The van der Waals surface area contributed by atoms with Gasteiger partial charge in [-0.25, -0.2) is 19.0 Å². The number of fused-ring (bicyclic) bond motifs is 1. The van der Waals surface area contributed by atoms with Gasteiger partial charge in [0.2, 0.25) is 0 Å². The maximum Gasteiger partial charge on any atom is 0.254 e. The molecule has 0 radical (unpaired) electrons. The van der Waals surface area contributed by atoms with E-state index in [9.17, 15) is 9.18 Å².